The fourth-order valence-corrected chi connectivity index (χ4v) is 4.84. The zero-order chi connectivity index (χ0) is 14.8. The second-order valence-electron chi connectivity index (χ2n) is 4.55. The van der Waals surface area contributed by atoms with E-state index in [4.69, 9.17) is 5.26 Å². The summed E-state index contributed by atoms with van der Waals surface area (Å²) in [5, 5.41) is 7.96. The third kappa shape index (κ3) is 3.14. The lowest BCUT2D eigenvalue weighted by Crippen LogP contribution is -2.49. The Morgan fingerprint density at radius 3 is 2.60 bits per heavy atom. The van der Waals surface area contributed by atoms with Crippen LogP contribution in [0.15, 0.2) is 24.3 Å². The molecule has 0 N–H and O–H groups in total. The van der Waals surface area contributed by atoms with Gasteiger partial charge in [0.2, 0.25) is 0 Å². The Morgan fingerprint density at radius 1 is 1.40 bits per heavy atom. The third-order valence-corrected chi connectivity index (χ3v) is 5.74. The van der Waals surface area contributed by atoms with Gasteiger partial charge in [0.15, 0.2) is 9.84 Å². The molecule has 1 aliphatic rings. The van der Waals surface area contributed by atoms with Gasteiger partial charge in [-0.2, -0.15) is 17.0 Å². The number of nitrogens with zero attached hydrogens (tertiary/aromatic N) is 2. The van der Waals surface area contributed by atoms with Crippen LogP contribution in [-0.2, 0) is 9.84 Å². The zero-order valence-corrected chi connectivity index (χ0v) is 12.6. The minimum Gasteiger partial charge on any atom is -0.320 e. The summed E-state index contributed by atoms with van der Waals surface area (Å²) >= 11 is 1.54. The van der Waals surface area contributed by atoms with Crippen LogP contribution in [0.5, 0.6) is 0 Å². The van der Waals surface area contributed by atoms with Gasteiger partial charge >= 0.3 is 0 Å². The van der Waals surface area contributed by atoms with Crippen molar-refractivity contribution in [1.29, 1.82) is 5.26 Å². The van der Waals surface area contributed by atoms with Gasteiger partial charge in [0.25, 0.3) is 5.91 Å². The van der Waals surface area contributed by atoms with Crippen LogP contribution in [0.2, 0.25) is 0 Å². The molecule has 1 fully saturated rings. The topological polar surface area (TPSA) is 78.2 Å². The molecule has 0 spiro atoms. The van der Waals surface area contributed by atoms with Crippen molar-refractivity contribution < 1.29 is 13.2 Å². The van der Waals surface area contributed by atoms with Gasteiger partial charge in [-0.05, 0) is 24.3 Å². The number of amides is 1. The van der Waals surface area contributed by atoms with Gasteiger partial charge in [-0.3, -0.25) is 4.79 Å². The van der Waals surface area contributed by atoms with E-state index in [1.165, 1.54) is 16.7 Å². The van der Waals surface area contributed by atoms with Gasteiger partial charge in [0, 0.05) is 29.9 Å². The molecule has 1 aromatic carbocycles. The Morgan fingerprint density at radius 2 is 2.05 bits per heavy atom. The molecule has 106 valence electrons. The molecule has 1 aliphatic heterocycles. The number of nitriles is 1. The Hall–Kier alpha value is -1.52. The van der Waals surface area contributed by atoms with E-state index < -0.39 is 15.2 Å². The molecular formula is C13H14N2O3S2. The number of rotatable bonds is 2. The Bertz CT molecular complexity index is 647. The van der Waals surface area contributed by atoms with Crippen LogP contribution in [0.25, 0.3) is 0 Å². The highest BCUT2D eigenvalue weighted by molar-refractivity contribution is 8.00. The van der Waals surface area contributed by atoms with Crippen LogP contribution in [0.4, 0.5) is 0 Å². The van der Waals surface area contributed by atoms with Gasteiger partial charge in [-0.15, -0.1) is 0 Å². The first-order valence-electron chi connectivity index (χ1n) is 6.01. The van der Waals surface area contributed by atoms with Gasteiger partial charge in [0.1, 0.15) is 5.37 Å². The highest BCUT2D eigenvalue weighted by Gasteiger charge is 2.34. The lowest BCUT2D eigenvalue weighted by atomic mass is 10.1. The molecule has 5 nitrogen and oxygen atoms in total. The molecule has 0 saturated carbocycles. The monoisotopic (exact) mass is 310 g/mol. The van der Waals surface area contributed by atoms with Crippen molar-refractivity contribution in [1.82, 2.24) is 4.90 Å². The number of benzene rings is 1. The molecule has 1 heterocycles. The summed E-state index contributed by atoms with van der Waals surface area (Å²) in [5.41, 5.74) is 0.875. The van der Waals surface area contributed by atoms with Crippen LogP contribution in [0.1, 0.15) is 15.9 Å². The Labute approximate surface area is 122 Å². The fraction of sp³-hybridized carbons (Fsp3) is 0.385. The van der Waals surface area contributed by atoms with E-state index in [0.717, 1.165) is 12.0 Å². The van der Waals surface area contributed by atoms with E-state index in [2.05, 4.69) is 0 Å². The van der Waals surface area contributed by atoms with E-state index in [1.807, 2.05) is 6.07 Å². The highest BCUT2D eigenvalue weighted by Crippen LogP contribution is 2.22. The van der Waals surface area contributed by atoms with Crippen molar-refractivity contribution in [3.05, 3.63) is 35.4 Å². The van der Waals surface area contributed by atoms with Crippen molar-refractivity contribution >= 4 is 27.5 Å². The van der Waals surface area contributed by atoms with Crippen molar-refractivity contribution in [3.8, 4) is 6.07 Å². The Kier molecular flexibility index (Phi) is 4.35. The molecule has 0 aromatic heterocycles. The largest absolute Gasteiger partial charge is 0.320 e. The van der Waals surface area contributed by atoms with E-state index in [9.17, 15) is 13.2 Å². The van der Waals surface area contributed by atoms with Gasteiger partial charge in [-0.1, -0.05) is 0 Å². The lowest BCUT2D eigenvalue weighted by Gasteiger charge is -2.34. The van der Waals surface area contributed by atoms with E-state index in [0.29, 0.717) is 23.4 Å². The summed E-state index contributed by atoms with van der Waals surface area (Å²) < 4.78 is 23.6. The second-order valence-corrected chi connectivity index (χ2v) is 7.90. The molecule has 0 aliphatic carbocycles. The summed E-state index contributed by atoms with van der Waals surface area (Å²) in [6, 6.07) is 8.21. The van der Waals surface area contributed by atoms with Crippen molar-refractivity contribution in [2.24, 2.45) is 0 Å². The molecular weight excluding hydrogens is 296 g/mol. The molecule has 1 atom stereocenters. The third-order valence-electron chi connectivity index (χ3n) is 3.10. The fourth-order valence-electron chi connectivity index (χ4n) is 2.02. The van der Waals surface area contributed by atoms with Crippen LogP contribution < -0.4 is 0 Å². The predicted molar refractivity (Wildman–Crippen MR) is 78.2 cm³/mol. The molecule has 1 unspecified atom stereocenters. The van der Waals surface area contributed by atoms with Crippen LogP contribution in [0, 0.1) is 11.3 Å². The molecule has 2 rings (SSSR count). The molecule has 0 bridgehead atoms. The second kappa shape index (κ2) is 5.85. The first-order chi connectivity index (χ1) is 9.43. The maximum atomic E-state index is 12.4. The predicted octanol–water partition coefficient (Wildman–Crippen LogP) is 1.12. The number of carbonyl (C=O) groups is 1. The van der Waals surface area contributed by atoms with E-state index in [-0.39, 0.29) is 5.91 Å². The number of thioether (sulfide) groups is 1. The lowest BCUT2D eigenvalue weighted by molar-refractivity contribution is 0.0749. The number of sulfone groups is 1. The Balaban J connectivity index is 2.28. The minimum absolute atomic E-state index is 0.301. The summed E-state index contributed by atoms with van der Waals surface area (Å²) in [6.07, 6.45) is 1.16. The average molecular weight is 310 g/mol. The van der Waals surface area contributed by atoms with Crippen LogP contribution in [0.3, 0.4) is 0 Å². The molecule has 20 heavy (non-hydrogen) atoms. The maximum Gasteiger partial charge on any atom is 0.254 e. The summed E-state index contributed by atoms with van der Waals surface area (Å²) in [4.78, 5) is 13.8. The van der Waals surface area contributed by atoms with Crippen molar-refractivity contribution in [2.75, 3.05) is 24.3 Å². The van der Waals surface area contributed by atoms with Gasteiger partial charge < -0.3 is 4.90 Å². The SMILES string of the molecule is CS(=O)(=O)C1CSCCN1C(=O)c1ccc(C#N)cc1. The van der Waals surface area contributed by atoms with E-state index >= 15 is 0 Å². The normalized spacial score (nSPS) is 19.4. The molecule has 1 amide bonds. The summed E-state index contributed by atoms with van der Waals surface area (Å²) in [6.45, 7) is 0.418. The first-order valence-corrected chi connectivity index (χ1v) is 9.12. The molecule has 1 aromatic rings. The highest BCUT2D eigenvalue weighted by atomic mass is 32.2. The standard InChI is InChI=1S/C13H14N2O3S2/c1-20(17,18)12-9-19-7-6-15(12)13(16)11-4-2-10(8-14)3-5-11/h2-5,12H,6-7,9H2,1H3. The zero-order valence-electron chi connectivity index (χ0n) is 10.9. The number of hydrogen-bond acceptors (Lipinski definition) is 5. The summed E-state index contributed by atoms with van der Waals surface area (Å²) in [5.74, 6) is 0.833. The minimum atomic E-state index is -3.31. The van der Waals surface area contributed by atoms with Crippen LogP contribution in [-0.4, -0.2) is 48.9 Å². The quantitative estimate of drug-likeness (QED) is 0.818. The van der Waals surface area contributed by atoms with Crippen molar-refractivity contribution in [3.63, 3.8) is 0 Å². The average Bonchev–Trinajstić information content (AvgIpc) is 2.46. The maximum absolute atomic E-state index is 12.4. The van der Waals surface area contributed by atoms with E-state index in [1.54, 1.807) is 24.3 Å². The summed E-state index contributed by atoms with van der Waals surface area (Å²) in [7, 11) is -3.31. The first kappa shape index (κ1) is 14.9. The van der Waals surface area contributed by atoms with Crippen LogP contribution >= 0.6 is 11.8 Å². The van der Waals surface area contributed by atoms with Gasteiger partial charge in [-0.25, -0.2) is 8.42 Å². The molecule has 7 heteroatoms. The smallest absolute Gasteiger partial charge is 0.254 e. The number of carbonyl (C=O) groups excluding carboxylic acids is 1. The molecule has 0 radical (unpaired) electrons. The van der Waals surface area contributed by atoms with Gasteiger partial charge in [0.05, 0.1) is 11.6 Å². The number of hydrogen-bond donors (Lipinski definition) is 0. The molecule has 1 saturated heterocycles. The van der Waals surface area contributed by atoms with Crippen molar-refractivity contribution in [2.45, 2.75) is 5.37 Å².